The minimum Gasteiger partial charge on any atom is -0.415 e. The molecule has 0 saturated heterocycles. The number of halogens is 1. The van der Waals surface area contributed by atoms with Gasteiger partial charge >= 0.3 is 0 Å². The van der Waals surface area contributed by atoms with E-state index in [2.05, 4.69) is 101 Å². The first-order chi connectivity index (χ1) is 37.4. The summed E-state index contributed by atoms with van der Waals surface area (Å²) in [6.07, 6.45) is 13.8. The second-order valence-corrected chi connectivity index (χ2v) is 27.1. The van der Waals surface area contributed by atoms with Crippen molar-refractivity contribution in [3.05, 3.63) is 94.6 Å². The molecule has 4 N–H and O–H groups in total. The van der Waals surface area contributed by atoms with Crippen LogP contribution in [0.5, 0.6) is 0 Å². The number of nitrogens with zero attached hydrogens (tertiary/aromatic N) is 13. The zero-order chi connectivity index (χ0) is 55.6. The van der Waals surface area contributed by atoms with Gasteiger partial charge in [-0.1, -0.05) is 58.6 Å². The van der Waals surface area contributed by atoms with E-state index in [1.54, 1.807) is 54.3 Å². The number of amides is 3. The highest BCUT2D eigenvalue weighted by Crippen LogP contribution is 2.37. The Morgan fingerprint density at radius 3 is 1.81 bits per heavy atom. The summed E-state index contributed by atoms with van der Waals surface area (Å²) in [6, 6.07) is 13.7. The number of tetrazole rings is 2. The average molecular weight is 1100 g/mol. The first-order valence-corrected chi connectivity index (χ1v) is 30.2. The molecule has 2 atom stereocenters. The van der Waals surface area contributed by atoms with E-state index in [0.29, 0.717) is 60.1 Å². The lowest BCUT2D eigenvalue weighted by Crippen LogP contribution is -2.42. The maximum absolute atomic E-state index is 13.0. The molecule has 2 fully saturated rings. The lowest BCUT2D eigenvalue weighted by Gasteiger charge is -2.36. The number of rotatable bonds is 14. The molecule has 414 valence electrons. The largest absolute Gasteiger partial charge is 0.415 e. The zero-order valence-corrected chi connectivity index (χ0v) is 47.3. The summed E-state index contributed by atoms with van der Waals surface area (Å²) in [5.74, 6) is 1.51. The third-order valence-electron chi connectivity index (χ3n) is 15.2. The molecule has 0 radical (unpaired) electrons. The molecule has 4 aliphatic rings. The number of carbonyl (C=O) groups is 4. The quantitative estimate of drug-likeness (QED) is 0.0605. The van der Waals surface area contributed by atoms with Gasteiger partial charge in [0.2, 0.25) is 22.8 Å². The SMILES string of the molecule is C[C@H](CO)n1nnnc1-c1cccc(NC(=O)c2cc3c(cn2)CCN(C(=O)C2CCCC2)C3)n1.C[C@H](CO[Si](C)(C)C(C)(C)C)n1nnnc1-c1cccc(NC(=O)c2cc3c(cn2)CCNC3)n1.O=C(Cl)C1CCCC1. The van der Waals surface area contributed by atoms with Crippen molar-refractivity contribution in [3.8, 4) is 23.0 Å². The smallest absolute Gasteiger partial charge is 0.275 e. The molecular weight excluding hydrogens is 1030 g/mol. The Hall–Kier alpha value is -6.79. The Kier molecular flexibility index (Phi) is 19.0. The highest BCUT2D eigenvalue weighted by atomic mass is 35.5. The standard InChI is InChI=1S/C24H28N8O3.C24H34N8O2Si.C6H9ClO/c1-15(14-33)32-22(28-29-30-32)19-7-4-8-21(26-19)27-23(34)20-11-18-13-31(10-9-17(18)12-25-20)24(35)16-5-2-3-6-16;1-16(15-34-35(5,6)24(2,3)4)32-22(29-30-31-32)19-8-7-9-21(27-19)28-23(33)20-12-18-13-25-11-10-17(18)14-26-20;7-6(8)5-3-1-2-4-5/h4,7-8,11-12,15-16,33H,2-3,5-6,9-10,13-14H2,1H3,(H,26,27,34);7-9,12,14,16,25H,10-11,13,15H2,1-6H3,(H,27,28,33);5H,1-4H2/t15-;16-;/m11./s1. The maximum Gasteiger partial charge on any atom is 0.275 e. The number of aromatic nitrogens is 12. The molecule has 0 unspecified atom stereocenters. The third kappa shape index (κ3) is 14.3. The maximum atomic E-state index is 13.0. The van der Waals surface area contributed by atoms with Gasteiger partial charge in [0.05, 0.1) is 25.3 Å². The van der Waals surface area contributed by atoms with Crippen molar-refractivity contribution in [1.82, 2.24) is 70.6 Å². The molecule has 10 rings (SSSR count). The predicted molar refractivity (Wildman–Crippen MR) is 295 cm³/mol. The lowest BCUT2D eigenvalue weighted by molar-refractivity contribution is -0.136. The van der Waals surface area contributed by atoms with Crippen LogP contribution in [0.3, 0.4) is 0 Å². The second-order valence-electron chi connectivity index (χ2n) is 22.0. The van der Waals surface area contributed by atoms with Crippen LogP contribution < -0.4 is 16.0 Å². The number of anilines is 2. The molecule has 0 spiro atoms. The summed E-state index contributed by atoms with van der Waals surface area (Å²) in [4.78, 5) is 68.8. The fraction of sp³-hybridized carbons (Fsp3) is 0.519. The number of fused-ring (bicyclic) bond motifs is 2. The first kappa shape index (κ1) is 57.4. The summed E-state index contributed by atoms with van der Waals surface area (Å²) in [5.41, 5.74) is 5.97. The highest BCUT2D eigenvalue weighted by molar-refractivity contribution is 6.74. The van der Waals surface area contributed by atoms with Gasteiger partial charge in [-0.15, -0.1) is 10.2 Å². The molecule has 78 heavy (non-hydrogen) atoms. The number of hydrogen-bond donors (Lipinski definition) is 4. The minimum absolute atomic E-state index is 0.0810. The van der Waals surface area contributed by atoms with Crippen molar-refractivity contribution in [2.24, 2.45) is 11.8 Å². The van der Waals surface area contributed by atoms with Crippen molar-refractivity contribution in [2.45, 2.75) is 142 Å². The van der Waals surface area contributed by atoms with Crippen LogP contribution in [0.1, 0.15) is 141 Å². The van der Waals surface area contributed by atoms with E-state index in [1.807, 2.05) is 30.0 Å². The second kappa shape index (κ2) is 25.8. The number of nitrogens with one attached hydrogen (secondary N) is 3. The molecule has 2 aliphatic heterocycles. The third-order valence-corrected chi connectivity index (χ3v) is 20.0. The van der Waals surface area contributed by atoms with Gasteiger partial charge in [0, 0.05) is 43.9 Å². The van der Waals surface area contributed by atoms with Crippen LogP contribution in [0.15, 0.2) is 60.9 Å². The fourth-order valence-electron chi connectivity index (χ4n) is 9.45. The van der Waals surface area contributed by atoms with Gasteiger partial charge < -0.3 is 30.4 Å². The van der Waals surface area contributed by atoms with E-state index < -0.39 is 8.32 Å². The topological polar surface area (TPSA) is 276 Å². The summed E-state index contributed by atoms with van der Waals surface area (Å²) < 4.78 is 9.57. The molecule has 2 aliphatic carbocycles. The Morgan fingerprint density at radius 1 is 0.756 bits per heavy atom. The van der Waals surface area contributed by atoms with Crippen LogP contribution in [-0.4, -0.2) is 128 Å². The minimum atomic E-state index is -1.90. The van der Waals surface area contributed by atoms with Crippen LogP contribution in [0, 0.1) is 11.8 Å². The van der Waals surface area contributed by atoms with Crippen LogP contribution in [0.4, 0.5) is 11.6 Å². The summed E-state index contributed by atoms with van der Waals surface area (Å²) in [5, 5.41) is 42.2. The van der Waals surface area contributed by atoms with Crippen molar-refractivity contribution < 1.29 is 28.7 Å². The van der Waals surface area contributed by atoms with Crippen molar-refractivity contribution in [3.63, 3.8) is 0 Å². The molecule has 6 aromatic rings. The Labute approximate surface area is 460 Å². The van der Waals surface area contributed by atoms with E-state index in [0.717, 1.165) is 81.1 Å². The normalized spacial score (nSPS) is 16.4. The lowest BCUT2D eigenvalue weighted by atomic mass is 9.98. The van der Waals surface area contributed by atoms with Gasteiger partial charge in [0.25, 0.3) is 11.8 Å². The number of aliphatic hydroxyl groups excluding tert-OH is 1. The summed E-state index contributed by atoms with van der Waals surface area (Å²) >= 11 is 5.25. The average Bonchev–Trinajstić information content (AvgIpc) is 4.31. The van der Waals surface area contributed by atoms with E-state index in [4.69, 9.17) is 16.0 Å². The van der Waals surface area contributed by atoms with Gasteiger partial charge in [0.1, 0.15) is 34.4 Å². The molecule has 8 heterocycles. The van der Waals surface area contributed by atoms with E-state index in [1.165, 1.54) is 23.1 Å². The van der Waals surface area contributed by atoms with Gasteiger partial charge in [-0.3, -0.25) is 29.1 Å². The molecule has 2 saturated carbocycles. The Balaban J connectivity index is 0.000000180. The van der Waals surface area contributed by atoms with Crippen LogP contribution in [0.25, 0.3) is 23.0 Å². The number of carbonyl (C=O) groups excluding carboxylic acids is 4. The number of aliphatic hydroxyl groups is 1. The molecule has 0 aromatic carbocycles. The van der Waals surface area contributed by atoms with Crippen LogP contribution in [0.2, 0.25) is 18.1 Å². The van der Waals surface area contributed by atoms with E-state index in [9.17, 15) is 24.3 Å². The molecule has 3 amide bonds. The predicted octanol–water partition coefficient (Wildman–Crippen LogP) is 7.56. The monoisotopic (exact) mass is 1100 g/mol. The molecule has 6 aromatic heterocycles. The van der Waals surface area contributed by atoms with Gasteiger partial charge in [-0.2, -0.15) is 0 Å². The number of pyridine rings is 4. The van der Waals surface area contributed by atoms with Crippen molar-refractivity contribution in [1.29, 1.82) is 0 Å². The summed E-state index contributed by atoms with van der Waals surface area (Å²) in [7, 11) is -1.90. The molecular formula is C54H71ClN16O6Si. The Morgan fingerprint density at radius 2 is 1.28 bits per heavy atom. The van der Waals surface area contributed by atoms with Crippen LogP contribution >= 0.6 is 11.6 Å². The van der Waals surface area contributed by atoms with Gasteiger partial charge in [0.15, 0.2) is 8.32 Å². The molecule has 22 nitrogen and oxygen atoms in total. The molecule has 24 heteroatoms. The van der Waals surface area contributed by atoms with Crippen molar-refractivity contribution >= 4 is 54.5 Å². The molecule has 0 bridgehead atoms. The highest BCUT2D eigenvalue weighted by Gasteiger charge is 2.38. The van der Waals surface area contributed by atoms with Crippen molar-refractivity contribution in [2.75, 3.05) is 36.9 Å². The van der Waals surface area contributed by atoms with Gasteiger partial charge in [-0.25, -0.2) is 19.3 Å². The van der Waals surface area contributed by atoms with E-state index >= 15 is 0 Å². The summed E-state index contributed by atoms with van der Waals surface area (Å²) in [6.45, 7) is 18.2. The fourth-order valence-corrected chi connectivity index (χ4v) is 10.8. The number of hydrogen-bond acceptors (Lipinski definition) is 17. The first-order valence-electron chi connectivity index (χ1n) is 26.9. The Bertz CT molecular complexity index is 3060. The zero-order valence-electron chi connectivity index (χ0n) is 45.6. The van der Waals surface area contributed by atoms with Gasteiger partial charge in [-0.05, 0) is 168 Å². The van der Waals surface area contributed by atoms with E-state index in [-0.39, 0.29) is 64.2 Å². The van der Waals surface area contributed by atoms with Crippen LogP contribution in [-0.2, 0) is 39.9 Å².